The van der Waals surface area contributed by atoms with Crippen LogP contribution in [0.4, 0.5) is 4.39 Å². The van der Waals surface area contributed by atoms with Gasteiger partial charge in [0.15, 0.2) is 11.6 Å². The fraction of sp³-hybridized carbons (Fsp3) is 0.333. The first-order chi connectivity index (χ1) is 8.43. The molecule has 0 aliphatic heterocycles. The van der Waals surface area contributed by atoms with Crippen molar-refractivity contribution in [1.82, 2.24) is 4.90 Å². The van der Waals surface area contributed by atoms with Crippen LogP contribution in [0.2, 0.25) is 0 Å². The molecule has 0 fully saturated rings. The SMILES string of the molecule is COc1ccc(CN(C)C(=O)CC(=O)O)cc1F. The summed E-state index contributed by atoms with van der Waals surface area (Å²) in [7, 11) is 2.83. The van der Waals surface area contributed by atoms with Gasteiger partial charge in [0, 0.05) is 13.6 Å². The number of methoxy groups -OCH3 is 1. The average molecular weight is 255 g/mol. The van der Waals surface area contributed by atoms with E-state index in [1.54, 1.807) is 6.07 Å². The molecule has 0 saturated carbocycles. The van der Waals surface area contributed by atoms with E-state index in [1.807, 2.05) is 0 Å². The third-order valence-electron chi connectivity index (χ3n) is 2.36. The Kier molecular flexibility index (Phi) is 4.65. The maximum absolute atomic E-state index is 13.4. The molecule has 0 spiro atoms. The van der Waals surface area contributed by atoms with Crippen LogP contribution in [0.5, 0.6) is 5.75 Å². The minimum Gasteiger partial charge on any atom is -0.494 e. The summed E-state index contributed by atoms with van der Waals surface area (Å²) in [6.07, 6.45) is -0.574. The minimum absolute atomic E-state index is 0.123. The van der Waals surface area contributed by atoms with E-state index in [2.05, 4.69) is 0 Å². The van der Waals surface area contributed by atoms with Crippen molar-refractivity contribution < 1.29 is 23.8 Å². The van der Waals surface area contributed by atoms with Crippen molar-refractivity contribution in [2.45, 2.75) is 13.0 Å². The van der Waals surface area contributed by atoms with Crippen LogP contribution >= 0.6 is 0 Å². The number of carbonyl (C=O) groups excluding carboxylic acids is 1. The molecule has 1 rings (SSSR count). The zero-order valence-electron chi connectivity index (χ0n) is 10.1. The molecule has 0 heterocycles. The molecule has 0 saturated heterocycles. The number of nitrogens with zero attached hydrogens (tertiary/aromatic N) is 1. The highest BCUT2D eigenvalue weighted by molar-refractivity contribution is 5.93. The second kappa shape index (κ2) is 6.00. The summed E-state index contributed by atoms with van der Waals surface area (Å²) < 4.78 is 18.2. The molecule has 18 heavy (non-hydrogen) atoms. The molecule has 0 bridgehead atoms. The molecule has 0 aliphatic rings. The first-order valence-electron chi connectivity index (χ1n) is 5.22. The fourth-order valence-electron chi connectivity index (χ4n) is 1.43. The summed E-state index contributed by atoms with van der Waals surface area (Å²) in [4.78, 5) is 23.0. The summed E-state index contributed by atoms with van der Waals surface area (Å²) >= 11 is 0. The lowest BCUT2D eigenvalue weighted by Gasteiger charge is -2.16. The highest BCUT2D eigenvalue weighted by Crippen LogP contribution is 2.18. The standard InChI is InChI=1S/C12H14FNO4/c1-14(11(15)6-12(16)17)7-8-3-4-10(18-2)9(13)5-8/h3-5H,6-7H2,1-2H3,(H,16,17). The lowest BCUT2D eigenvalue weighted by Crippen LogP contribution is -2.28. The van der Waals surface area contributed by atoms with Crippen LogP contribution in [-0.2, 0) is 16.1 Å². The topological polar surface area (TPSA) is 66.8 Å². The maximum Gasteiger partial charge on any atom is 0.312 e. The van der Waals surface area contributed by atoms with Crippen LogP contribution in [0, 0.1) is 5.82 Å². The molecule has 1 aromatic carbocycles. The van der Waals surface area contributed by atoms with Gasteiger partial charge >= 0.3 is 5.97 Å². The van der Waals surface area contributed by atoms with Crippen molar-refractivity contribution in [1.29, 1.82) is 0 Å². The average Bonchev–Trinajstić information content (AvgIpc) is 2.28. The molecule has 1 amide bonds. The van der Waals surface area contributed by atoms with Crippen molar-refractivity contribution in [2.75, 3.05) is 14.2 Å². The normalized spacial score (nSPS) is 9.94. The molecule has 5 nitrogen and oxygen atoms in total. The van der Waals surface area contributed by atoms with Gasteiger partial charge in [-0.25, -0.2) is 4.39 Å². The third kappa shape index (κ3) is 3.73. The Bertz CT molecular complexity index is 461. The van der Waals surface area contributed by atoms with E-state index in [0.29, 0.717) is 5.56 Å². The third-order valence-corrected chi connectivity index (χ3v) is 2.36. The number of halogens is 1. The van der Waals surface area contributed by atoms with Gasteiger partial charge in [0.25, 0.3) is 0 Å². The van der Waals surface area contributed by atoms with Crippen molar-refractivity contribution in [2.24, 2.45) is 0 Å². The number of amides is 1. The summed E-state index contributed by atoms with van der Waals surface area (Å²) in [6.45, 7) is 0.146. The number of carboxylic acid groups (broad SMARTS) is 1. The van der Waals surface area contributed by atoms with Crippen molar-refractivity contribution in [3.05, 3.63) is 29.6 Å². The van der Waals surface area contributed by atoms with Gasteiger partial charge in [-0.3, -0.25) is 9.59 Å². The molecule has 1 aromatic rings. The predicted molar refractivity (Wildman–Crippen MR) is 61.7 cm³/mol. The van der Waals surface area contributed by atoms with Crippen LogP contribution < -0.4 is 4.74 Å². The van der Waals surface area contributed by atoms with E-state index in [9.17, 15) is 14.0 Å². The first-order valence-corrected chi connectivity index (χ1v) is 5.22. The Morgan fingerprint density at radius 3 is 2.61 bits per heavy atom. The van der Waals surface area contributed by atoms with Crippen LogP contribution in [0.1, 0.15) is 12.0 Å². The zero-order chi connectivity index (χ0) is 13.7. The molecule has 0 atom stereocenters. The second-order valence-corrected chi connectivity index (χ2v) is 3.79. The minimum atomic E-state index is -1.19. The number of hydrogen-bond donors (Lipinski definition) is 1. The van der Waals surface area contributed by atoms with E-state index in [-0.39, 0.29) is 12.3 Å². The van der Waals surface area contributed by atoms with E-state index in [0.717, 1.165) is 0 Å². The molecule has 0 aliphatic carbocycles. The number of benzene rings is 1. The number of ether oxygens (including phenoxy) is 1. The molecule has 0 unspecified atom stereocenters. The quantitative estimate of drug-likeness (QED) is 0.804. The Balaban J connectivity index is 2.70. The lowest BCUT2D eigenvalue weighted by atomic mass is 10.2. The molecule has 6 heteroatoms. The van der Waals surface area contributed by atoms with E-state index in [1.165, 1.54) is 31.2 Å². The summed E-state index contributed by atoms with van der Waals surface area (Å²) in [5.74, 6) is -2.11. The van der Waals surface area contributed by atoms with E-state index < -0.39 is 24.1 Å². The predicted octanol–water partition coefficient (Wildman–Crippen LogP) is 1.27. The summed E-state index contributed by atoms with van der Waals surface area (Å²) in [6, 6.07) is 4.33. The number of rotatable bonds is 5. The Labute approximate surface area is 104 Å². The van der Waals surface area contributed by atoms with Gasteiger partial charge in [-0.2, -0.15) is 0 Å². The second-order valence-electron chi connectivity index (χ2n) is 3.79. The van der Waals surface area contributed by atoms with Crippen LogP contribution in [0.25, 0.3) is 0 Å². The van der Waals surface area contributed by atoms with Crippen molar-refractivity contribution >= 4 is 11.9 Å². The molecule has 0 radical (unpaired) electrons. The van der Waals surface area contributed by atoms with Gasteiger partial charge in [0.05, 0.1) is 7.11 Å². The zero-order valence-corrected chi connectivity index (χ0v) is 10.1. The molecule has 0 aromatic heterocycles. The van der Waals surface area contributed by atoms with Gasteiger partial charge in [0.2, 0.25) is 5.91 Å². The lowest BCUT2D eigenvalue weighted by molar-refractivity contribution is -0.143. The van der Waals surface area contributed by atoms with E-state index in [4.69, 9.17) is 9.84 Å². The smallest absolute Gasteiger partial charge is 0.312 e. The highest BCUT2D eigenvalue weighted by atomic mass is 19.1. The molecule has 98 valence electrons. The van der Waals surface area contributed by atoms with Crippen molar-refractivity contribution in [3.8, 4) is 5.75 Å². The molecular formula is C12H14FNO4. The van der Waals surface area contributed by atoms with Gasteiger partial charge in [-0.05, 0) is 17.7 Å². The fourth-order valence-corrected chi connectivity index (χ4v) is 1.43. The Morgan fingerprint density at radius 2 is 2.11 bits per heavy atom. The summed E-state index contributed by atoms with van der Waals surface area (Å²) in [5, 5.41) is 8.49. The van der Waals surface area contributed by atoms with E-state index >= 15 is 0 Å². The van der Waals surface area contributed by atoms with Crippen LogP contribution in [-0.4, -0.2) is 36.0 Å². The maximum atomic E-state index is 13.4. The number of aliphatic carboxylic acids is 1. The van der Waals surface area contributed by atoms with Crippen LogP contribution in [0.3, 0.4) is 0 Å². The summed E-state index contributed by atoms with van der Waals surface area (Å²) in [5.41, 5.74) is 0.564. The monoisotopic (exact) mass is 255 g/mol. The van der Waals surface area contributed by atoms with Crippen molar-refractivity contribution in [3.63, 3.8) is 0 Å². The number of carbonyl (C=O) groups is 2. The van der Waals surface area contributed by atoms with Gasteiger partial charge in [-0.1, -0.05) is 6.07 Å². The number of carboxylic acids is 1. The highest BCUT2D eigenvalue weighted by Gasteiger charge is 2.14. The van der Waals surface area contributed by atoms with Crippen LogP contribution in [0.15, 0.2) is 18.2 Å². The Hall–Kier alpha value is -2.11. The molecule has 1 N–H and O–H groups in total. The largest absolute Gasteiger partial charge is 0.494 e. The van der Waals surface area contributed by atoms with Gasteiger partial charge in [0.1, 0.15) is 6.42 Å². The number of hydrogen-bond acceptors (Lipinski definition) is 3. The Morgan fingerprint density at radius 1 is 1.44 bits per heavy atom. The van der Waals surface area contributed by atoms with Gasteiger partial charge < -0.3 is 14.7 Å². The molecular weight excluding hydrogens is 241 g/mol. The first kappa shape index (κ1) is 14.0. The van der Waals surface area contributed by atoms with Gasteiger partial charge in [-0.15, -0.1) is 0 Å².